The minimum atomic E-state index is -4.16. The summed E-state index contributed by atoms with van der Waals surface area (Å²) < 4.78 is 62.0. The van der Waals surface area contributed by atoms with Crippen molar-refractivity contribution in [3.63, 3.8) is 0 Å². The van der Waals surface area contributed by atoms with Gasteiger partial charge in [-0.15, -0.1) is 0 Å². The van der Waals surface area contributed by atoms with Gasteiger partial charge in [0.05, 0.1) is 27.9 Å². The van der Waals surface area contributed by atoms with E-state index < -0.39 is 25.8 Å². The monoisotopic (exact) mass is 584 g/mol. The van der Waals surface area contributed by atoms with Gasteiger partial charge in [0.15, 0.2) is 0 Å². The molecule has 0 fully saturated rings. The average Bonchev–Trinajstić information content (AvgIpc) is 3.56. The van der Waals surface area contributed by atoms with Gasteiger partial charge in [0.25, 0.3) is 20.0 Å². The molecule has 8 nitrogen and oxygen atoms in total. The first kappa shape index (κ1) is 26.5. The van der Waals surface area contributed by atoms with Gasteiger partial charge in [-0.1, -0.05) is 36.4 Å². The first-order valence-corrected chi connectivity index (χ1v) is 15.5. The largest absolute Gasteiger partial charge is 0.497 e. The molecule has 4 aromatic carbocycles. The lowest BCUT2D eigenvalue weighted by Gasteiger charge is -2.13. The molecule has 0 bridgehead atoms. The highest BCUT2D eigenvalue weighted by atomic mass is 32.2. The first-order valence-electron chi connectivity index (χ1n) is 12.6. The molecule has 0 unspecified atom stereocenters. The summed E-state index contributed by atoms with van der Waals surface area (Å²) in [6.07, 6.45) is 1.44. The molecule has 206 valence electrons. The predicted octanol–water partition coefficient (Wildman–Crippen LogP) is 5.62. The summed E-state index contributed by atoms with van der Waals surface area (Å²) in [5.74, 6) is 0.00832. The van der Waals surface area contributed by atoms with Gasteiger partial charge in [-0.25, -0.2) is 24.8 Å². The number of fused-ring (bicyclic) bond motifs is 2. The third-order valence-corrected chi connectivity index (χ3v) is 10.5. The van der Waals surface area contributed by atoms with Crippen LogP contribution in [0.5, 0.6) is 5.75 Å². The summed E-state index contributed by atoms with van der Waals surface area (Å²) in [6, 6.07) is 27.2. The Morgan fingerprint density at radius 1 is 0.707 bits per heavy atom. The van der Waals surface area contributed by atoms with E-state index in [0.717, 1.165) is 3.97 Å². The minimum absolute atomic E-state index is 0.00667. The van der Waals surface area contributed by atoms with Crippen LogP contribution < -0.4 is 4.74 Å². The van der Waals surface area contributed by atoms with E-state index in [-0.39, 0.29) is 21.0 Å². The van der Waals surface area contributed by atoms with Crippen LogP contribution in [0.3, 0.4) is 0 Å². The molecule has 0 amide bonds. The van der Waals surface area contributed by atoms with Gasteiger partial charge in [-0.3, -0.25) is 4.79 Å². The summed E-state index contributed by atoms with van der Waals surface area (Å²) in [5, 5.41) is 1.08. The van der Waals surface area contributed by atoms with Crippen molar-refractivity contribution in [1.29, 1.82) is 0 Å². The van der Waals surface area contributed by atoms with E-state index in [1.165, 1.54) is 47.6 Å². The van der Waals surface area contributed by atoms with E-state index in [0.29, 0.717) is 33.1 Å². The minimum Gasteiger partial charge on any atom is -0.497 e. The molecule has 0 saturated carbocycles. The second-order valence-electron chi connectivity index (χ2n) is 9.47. The molecule has 0 spiro atoms. The number of aryl methyl sites for hydroxylation is 1. The number of hydrogen-bond donors (Lipinski definition) is 0. The molecule has 0 aliphatic heterocycles. The number of benzene rings is 4. The summed E-state index contributed by atoms with van der Waals surface area (Å²) in [6.45, 7) is 1.70. The van der Waals surface area contributed by atoms with Crippen molar-refractivity contribution in [1.82, 2.24) is 7.94 Å². The normalized spacial score (nSPS) is 12.1. The van der Waals surface area contributed by atoms with Gasteiger partial charge in [-0.05, 0) is 79.2 Å². The van der Waals surface area contributed by atoms with Crippen LogP contribution in [0.1, 0.15) is 21.6 Å². The van der Waals surface area contributed by atoms with Crippen LogP contribution in [0.25, 0.3) is 21.8 Å². The Kier molecular flexibility index (Phi) is 6.32. The topological polar surface area (TPSA) is 104 Å². The molecule has 10 heteroatoms. The smallest absolute Gasteiger partial charge is 0.268 e. The Hall–Kier alpha value is -4.67. The number of aromatic nitrogens is 2. The Morgan fingerprint density at radius 3 is 1.95 bits per heavy atom. The highest BCUT2D eigenvalue weighted by Crippen LogP contribution is 2.34. The van der Waals surface area contributed by atoms with Gasteiger partial charge in [0, 0.05) is 22.5 Å². The number of methoxy groups -OCH3 is 1. The molecular formula is C31H24N2O6S2. The van der Waals surface area contributed by atoms with Crippen LogP contribution in [0.2, 0.25) is 0 Å². The van der Waals surface area contributed by atoms with Crippen LogP contribution in [0.4, 0.5) is 0 Å². The lowest BCUT2D eigenvalue weighted by molar-refractivity contribution is 0.103. The number of rotatable bonds is 7. The van der Waals surface area contributed by atoms with E-state index >= 15 is 0 Å². The highest BCUT2D eigenvalue weighted by molar-refractivity contribution is 7.90. The second kappa shape index (κ2) is 9.76. The second-order valence-corrected chi connectivity index (χ2v) is 13.1. The van der Waals surface area contributed by atoms with Gasteiger partial charge in [0.2, 0.25) is 5.78 Å². The summed E-state index contributed by atoms with van der Waals surface area (Å²) in [4.78, 5) is 14.3. The Morgan fingerprint density at radius 2 is 1.32 bits per heavy atom. The zero-order valence-electron chi connectivity index (χ0n) is 22.1. The lowest BCUT2D eigenvalue weighted by atomic mass is 10.0. The Labute approximate surface area is 237 Å². The Balaban J connectivity index is 1.53. The van der Waals surface area contributed by atoms with Gasteiger partial charge in [-0.2, -0.15) is 0 Å². The van der Waals surface area contributed by atoms with Gasteiger partial charge >= 0.3 is 0 Å². The molecule has 6 aromatic rings. The van der Waals surface area contributed by atoms with Crippen molar-refractivity contribution in [2.24, 2.45) is 0 Å². The van der Waals surface area contributed by atoms with Crippen molar-refractivity contribution < 1.29 is 26.4 Å². The Bertz CT molecular complexity index is 2180. The maximum atomic E-state index is 14.1. The summed E-state index contributed by atoms with van der Waals surface area (Å²) >= 11 is 0. The molecular weight excluding hydrogens is 560 g/mol. The standard InChI is InChI=1S/C31H24N2O6S2/c1-21-27-20-24(39-2)14-16-29(27)33(41(37,38)26-11-7-4-8-12-26)30(21)31(34)23-13-15-28-22(19-23)17-18-32(28)40(35,36)25-9-5-3-6-10-25/h3-20H,1-2H3. The van der Waals surface area contributed by atoms with Crippen molar-refractivity contribution in [2.45, 2.75) is 16.7 Å². The number of ketones is 1. The maximum Gasteiger partial charge on any atom is 0.268 e. The third-order valence-electron chi connectivity index (χ3n) is 7.10. The van der Waals surface area contributed by atoms with Crippen molar-refractivity contribution in [2.75, 3.05) is 7.11 Å². The molecule has 0 aliphatic rings. The zero-order valence-corrected chi connectivity index (χ0v) is 23.7. The molecule has 0 atom stereocenters. The highest BCUT2D eigenvalue weighted by Gasteiger charge is 2.30. The van der Waals surface area contributed by atoms with E-state index in [2.05, 4.69) is 0 Å². The molecule has 41 heavy (non-hydrogen) atoms. The van der Waals surface area contributed by atoms with Crippen LogP contribution >= 0.6 is 0 Å². The lowest BCUT2D eigenvalue weighted by Crippen LogP contribution is -2.19. The molecule has 0 N–H and O–H groups in total. The molecule has 0 saturated heterocycles. The quantitative estimate of drug-likeness (QED) is 0.226. The number of hydrogen-bond acceptors (Lipinski definition) is 6. The van der Waals surface area contributed by atoms with E-state index in [4.69, 9.17) is 4.74 Å². The van der Waals surface area contributed by atoms with Gasteiger partial charge < -0.3 is 4.74 Å². The van der Waals surface area contributed by atoms with Crippen molar-refractivity contribution in [3.05, 3.63) is 126 Å². The fourth-order valence-electron chi connectivity index (χ4n) is 5.04. The van der Waals surface area contributed by atoms with E-state index in [1.54, 1.807) is 79.7 Å². The number of nitrogens with zero attached hydrogens (tertiary/aromatic N) is 2. The fraction of sp³-hybridized carbons (Fsp3) is 0.0645. The average molecular weight is 585 g/mol. The molecule has 2 aromatic heterocycles. The summed E-state index contributed by atoms with van der Waals surface area (Å²) in [7, 11) is -6.51. The zero-order chi connectivity index (χ0) is 28.9. The van der Waals surface area contributed by atoms with E-state index in [1.807, 2.05) is 0 Å². The third kappa shape index (κ3) is 4.23. The maximum absolute atomic E-state index is 14.1. The number of carbonyl (C=O) groups excluding carboxylic acids is 1. The fourth-order valence-corrected chi connectivity index (χ4v) is 8.01. The number of carbonyl (C=O) groups is 1. The molecule has 6 rings (SSSR count). The van der Waals surface area contributed by atoms with Crippen LogP contribution in [0.15, 0.2) is 119 Å². The SMILES string of the molecule is COc1ccc2c(c1)c(C)c(C(=O)c1ccc3c(ccn3S(=O)(=O)c3ccccc3)c1)n2S(=O)(=O)c1ccccc1. The predicted molar refractivity (Wildman–Crippen MR) is 157 cm³/mol. The van der Waals surface area contributed by atoms with E-state index in [9.17, 15) is 21.6 Å². The van der Waals surface area contributed by atoms with Crippen LogP contribution in [-0.2, 0) is 20.0 Å². The van der Waals surface area contributed by atoms with Gasteiger partial charge in [0.1, 0.15) is 11.4 Å². The van der Waals surface area contributed by atoms with Crippen molar-refractivity contribution >= 4 is 47.6 Å². The number of ether oxygens (including phenoxy) is 1. The summed E-state index contributed by atoms with van der Waals surface area (Å²) in [5.41, 5.74) is 1.43. The molecule has 2 heterocycles. The van der Waals surface area contributed by atoms with Crippen LogP contribution in [-0.4, -0.2) is 37.7 Å². The molecule has 0 aliphatic carbocycles. The van der Waals surface area contributed by atoms with Crippen molar-refractivity contribution in [3.8, 4) is 5.75 Å². The first-order chi connectivity index (χ1) is 19.6. The molecule has 0 radical (unpaired) electrons. The van der Waals surface area contributed by atoms with Crippen LogP contribution in [0, 0.1) is 6.92 Å².